The number of nitrogens with one attached hydrogen (secondary N) is 1. The minimum absolute atomic E-state index is 0.0176. The highest BCUT2D eigenvalue weighted by atomic mass is 16.2. The van der Waals surface area contributed by atoms with Gasteiger partial charge in [0.25, 0.3) is 0 Å². The molecule has 1 aromatic carbocycles. The Kier molecular flexibility index (Phi) is 4.16. The second kappa shape index (κ2) is 6.02. The van der Waals surface area contributed by atoms with Gasteiger partial charge >= 0.3 is 0 Å². The molecular weight excluding hydrogens is 258 g/mol. The molecule has 1 aliphatic rings. The van der Waals surface area contributed by atoms with E-state index in [0.29, 0.717) is 18.8 Å². The fourth-order valence-electron chi connectivity index (χ4n) is 1.88. The standard InChI is InChI=1S/C12H17N7O/c13-11(14)18-12(15)17-8-1-3-9(4-2-8)19-6-5-16-7-10(19)20/h1-4,16H,5-7H2,(H6,13,14,15,17,18). The fraction of sp³-hybridized carbons (Fsp3) is 0.250. The lowest BCUT2D eigenvalue weighted by Gasteiger charge is -2.27. The van der Waals surface area contributed by atoms with Crippen molar-refractivity contribution < 1.29 is 4.79 Å². The van der Waals surface area contributed by atoms with Crippen molar-refractivity contribution in [1.29, 1.82) is 0 Å². The summed E-state index contributed by atoms with van der Waals surface area (Å²) in [7, 11) is 0. The monoisotopic (exact) mass is 275 g/mol. The highest BCUT2D eigenvalue weighted by molar-refractivity contribution is 5.96. The number of nitrogens with two attached hydrogens (primary N) is 3. The zero-order valence-corrected chi connectivity index (χ0v) is 10.9. The van der Waals surface area contributed by atoms with Crippen molar-refractivity contribution in [3.05, 3.63) is 24.3 Å². The van der Waals surface area contributed by atoms with Crippen LogP contribution in [0.4, 0.5) is 11.4 Å². The van der Waals surface area contributed by atoms with Gasteiger partial charge in [0.2, 0.25) is 11.9 Å². The van der Waals surface area contributed by atoms with Crippen LogP contribution in [0.25, 0.3) is 0 Å². The van der Waals surface area contributed by atoms with Gasteiger partial charge < -0.3 is 27.4 Å². The summed E-state index contributed by atoms with van der Waals surface area (Å²) in [4.78, 5) is 21.1. The molecule has 1 saturated heterocycles. The first-order valence-corrected chi connectivity index (χ1v) is 6.11. The van der Waals surface area contributed by atoms with E-state index < -0.39 is 0 Å². The zero-order valence-electron chi connectivity index (χ0n) is 10.9. The number of piperazine rings is 1. The number of guanidine groups is 2. The van der Waals surface area contributed by atoms with Crippen molar-refractivity contribution in [1.82, 2.24) is 5.32 Å². The number of benzene rings is 1. The van der Waals surface area contributed by atoms with E-state index >= 15 is 0 Å². The van der Waals surface area contributed by atoms with E-state index in [0.717, 1.165) is 12.2 Å². The molecule has 0 aliphatic carbocycles. The van der Waals surface area contributed by atoms with Crippen LogP contribution in [0.5, 0.6) is 0 Å². The maximum atomic E-state index is 11.7. The zero-order chi connectivity index (χ0) is 14.5. The van der Waals surface area contributed by atoms with Gasteiger partial charge in [-0.3, -0.25) is 4.79 Å². The van der Waals surface area contributed by atoms with Gasteiger partial charge in [-0.1, -0.05) is 0 Å². The Bertz CT molecular complexity index is 545. The number of aliphatic imine (C=N–C) groups is 2. The third kappa shape index (κ3) is 3.45. The molecule has 8 nitrogen and oxygen atoms in total. The van der Waals surface area contributed by atoms with Gasteiger partial charge in [0, 0.05) is 18.8 Å². The topological polar surface area (TPSA) is 135 Å². The van der Waals surface area contributed by atoms with Gasteiger partial charge in [-0.05, 0) is 24.3 Å². The van der Waals surface area contributed by atoms with Gasteiger partial charge in [0.05, 0.1) is 12.2 Å². The van der Waals surface area contributed by atoms with Gasteiger partial charge in [-0.15, -0.1) is 0 Å². The number of hydrogen-bond acceptors (Lipinski definition) is 3. The Morgan fingerprint density at radius 3 is 2.50 bits per heavy atom. The lowest BCUT2D eigenvalue weighted by molar-refractivity contribution is -0.118. The Morgan fingerprint density at radius 2 is 1.90 bits per heavy atom. The summed E-state index contributed by atoms with van der Waals surface area (Å²) in [5, 5.41) is 3.02. The summed E-state index contributed by atoms with van der Waals surface area (Å²) < 4.78 is 0. The third-order valence-corrected chi connectivity index (χ3v) is 2.74. The van der Waals surface area contributed by atoms with Crippen molar-refractivity contribution in [2.45, 2.75) is 0 Å². The van der Waals surface area contributed by atoms with E-state index in [9.17, 15) is 4.79 Å². The molecule has 8 heteroatoms. The molecule has 106 valence electrons. The Morgan fingerprint density at radius 1 is 1.20 bits per heavy atom. The highest BCUT2D eigenvalue weighted by Crippen LogP contribution is 2.20. The lowest BCUT2D eigenvalue weighted by atomic mass is 10.2. The third-order valence-electron chi connectivity index (χ3n) is 2.74. The predicted molar refractivity (Wildman–Crippen MR) is 78.8 cm³/mol. The smallest absolute Gasteiger partial charge is 0.240 e. The minimum atomic E-state index is -0.144. The molecule has 0 saturated carbocycles. The molecule has 1 fully saturated rings. The first-order valence-electron chi connectivity index (χ1n) is 6.11. The summed E-state index contributed by atoms with van der Waals surface area (Å²) in [6.07, 6.45) is 0. The van der Waals surface area contributed by atoms with Gasteiger partial charge in [0.1, 0.15) is 0 Å². The normalized spacial score (nSPS) is 16.1. The number of hydrogen-bond donors (Lipinski definition) is 4. The number of nitrogens with zero attached hydrogens (tertiary/aromatic N) is 3. The Hall–Kier alpha value is -2.61. The minimum Gasteiger partial charge on any atom is -0.370 e. The van der Waals surface area contributed by atoms with Crippen molar-refractivity contribution in [3.8, 4) is 0 Å². The van der Waals surface area contributed by atoms with Crippen LogP contribution in [0.3, 0.4) is 0 Å². The largest absolute Gasteiger partial charge is 0.370 e. The molecule has 0 spiro atoms. The van der Waals surface area contributed by atoms with Crippen LogP contribution in [0.2, 0.25) is 0 Å². The highest BCUT2D eigenvalue weighted by Gasteiger charge is 2.18. The van der Waals surface area contributed by atoms with Crippen LogP contribution >= 0.6 is 0 Å². The summed E-state index contributed by atoms with van der Waals surface area (Å²) in [5.74, 6) is -0.113. The molecule has 2 rings (SSSR count). The number of rotatable bonds is 2. The van der Waals surface area contributed by atoms with Crippen LogP contribution in [-0.4, -0.2) is 37.5 Å². The first kappa shape index (κ1) is 13.8. The second-order valence-electron chi connectivity index (χ2n) is 4.25. The van der Waals surface area contributed by atoms with Crippen molar-refractivity contribution in [3.63, 3.8) is 0 Å². The van der Waals surface area contributed by atoms with Crippen molar-refractivity contribution >= 4 is 29.2 Å². The van der Waals surface area contributed by atoms with E-state index in [4.69, 9.17) is 17.2 Å². The van der Waals surface area contributed by atoms with Crippen LogP contribution in [0, 0.1) is 0 Å². The van der Waals surface area contributed by atoms with E-state index in [1.807, 2.05) is 12.1 Å². The SMILES string of the molecule is NC(N)=NC(N)=Nc1ccc(N2CCNCC2=O)cc1. The van der Waals surface area contributed by atoms with E-state index in [1.165, 1.54) is 0 Å². The molecule has 0 aromatic heterocycles. The second-order valence-corrected chi connectivity index (χ2v) is 4.25. The van der Waals surface area contributed by atoms with Crippen LogP contribution < -0.4 is 27.4 Å². The van der Waals surface area contributed by atoms with Crippen molar-refractivity contribution in [2.24, 2.45) is 27.2 Å². The number of amides is 1. The number of carbonyl (C=O) groups excluding carboxylic acids is 1. The molecule has 1 aliphatic heterocycles. The van der Waals surface area contributed by atoms with Gasteiger partial charge in [0.15, 0.2) is 5.96 Å². The van der Waals surface area contributed by atoms with Crippen LogP contribution in [0.15, 0.2) is 34.3 Å². The van der Waals surface area contributed by atoms with Crippen molar-refractivity contribution in [2.75, 3.05) is 24.5 Å². The number of carbonyl (C=O) groups is 1. The molecule has 1 aromatic rings. The molecule has 0 bridgehead atoms. The molecule has 20 heavy (non-hydrogen) atoms. The van der Waals surface area contributed by atoms with Crippen LogP contribution in [0.1, 0.15) is 0 Å². The Labute approximate surface area is 116 Å². The van der Waals surface area contributed by atoms with Gasteiger partial charge in [-0.2, -0.15) is 4.99 Å². The molecule has 1 heterocycles. The van der Waals surface area contributed by atoms with Crippen LogP contribution in [-0.2, 0) is 4.79 Å². The molecule has 0 radical (unpaired) electrons. The van der Waals surface area contributed by atoms with E-state index in [2.05, 4.69) is 15.3 Å². The maximum Gasteiger partial charge on any atom is 0.240 e. The molecule has 0 unspecified atom stereocenters. The predicted octanol–water partition coefficient (Wildman–Crippen LogP) is -1.16. The fourth-order valence-corrected chi connectivity index (χ4v) is 1.88. The van der Waals surface area contributed by atoms with Gasteiger partial charge in [-0.25, -0.2) is 4.99 Å². The molecule has 0 atom stereocenters. The average Bonchev–Trinajstić information content (AvgIpc) is 2.39. The summed E-state index contributed by atoms with van der Waals surface area (Å²) in [6, 6.07) is 7.12. The summed E-state index contributed by atoms with van der Waals surface area (Å²) >= 11 is 0. The Balaban J connectivity index is 2.14. The first-order chi connectivity index (χ1) is 9.56. The quantitative estimate of drug-likeness (QED) is 0.399. The van der Waals surface area contributed by atoms with E-state index in [-0.39, 0.29) is 17.8 Å². The molecule has 1 amide bonds. The number of anilines is 1. The maximum absolute atomic E-state index is 11.7. The lowest BCUT2D eigenvalue weighted by Crippen LogP contribution is -2.48. The summed E-state index contributed by atoms with van der Waals surface area (Å²) in [6.45, 7) is 1.79. The summed E-state index contributed by atoms with van der Waals surface area (Å²) in [5.41, 5.74) is 17.4. The molecule has 7 N–H and O–H groups in total. The average molecular weight is 275 g/mol. The van der Waals surface area contributed by atoms with E-state index in [1.54, 1.807) is 17.0 Å². The molecular formula is C12H17N7O.